The number of carbonyl (C=O) groups is 1. The molecule has 5 nitrogen and oxygen atoms in total. The first-order valence-corrected chi connectivity index (χ1v) is 7.03. The largest absolute Gasteiger partial charge is 0.505 e. The highest BCUT2D eigenvalue weighted by Crippen LogP contribution is 2.47. The van der Waals surface area contributed by atoms with Gasteiger partial charge in [-0.25, -0.2) is 4.79 Å². The molecule has 134 valence electrons. The van der Waals surface area contributed by atoms with E-state index >= 15 is 0 Å². The summed E-state index contributed by atoms with van der Waals surface area (Å²) in [4.78, 5) is 12.1. The van der Waals surface area contributed by atoms with Crippen molar-refractivity contribution in [3.8, 4) is 17.2 Å². The SMILES string of the molecule is COc1c(OC(=O)C2CC(C)C(C)(C(F)(F)F)O2)ccc(O)c1F. The van der Waals surface area contributed by atoms with E-state index in [4.69, 9.17) is 14.2 Å². The molecule has 0 spiro atoms. The fourth-order valence-electron chi connectivity index (χ4n) is 2.47. The van der Waals surface area contributed by atoms with Gasteiger partial charge >= 0.3 is 12.1 Å². The van der Waals surface area contributed by atoms with Crippen LogP contribution in [-0.4, -0.2) is 36.1 Å². The van der Waals surface area contributed by atoms with Crippen LogP contribution in [-0.2, 0) is 9.53 Å². The highest BCUT2D eigenvalue weighted by Gasteiger charge is 2.61. The lowest BCUT2D eigenvalue weighted by Gasteiger charge is -2.30. The molecule has 1 aromatic carbocycles. The number of phenolic OH excluding ortho intramolecular Hbond substituents is 1. The Hall–Kier alpha value is -2.03. The van der Waals surface area contributed by atoms with E-state index in [1.165, 1.54) is 6.92 Å². The van der Waals surface area contributed by atoms with Crippen molar-refractivity contribution in [2.45, 2.75) is 38.1 Å². The summed E-state index contributed by atoms with van der Waals surface area (Å²) < 4.78 is 67.5. The predicted molar refractivity (Wildman–Crippen MR) is 73.4 cm³/mol. The van der Waals surface area contributed by atoms with Crippen molar-refractivity contribution < 1.29 is 41.7 Å². The van der Waals surface area contributed by atoms with E-state index in [2.05, 4.69) is 0 Å². The molecule has 0 aromatic heterocycles. The van der Waals surface area contributed by atoms with Gasteiger partial charge in [0, 0.05) is 0 Å². The molecule has 0 bridgehead atoms. The maximum Gasteiger partial charge on any atom is 0.417 e. The zero-order valence-electron chi connectivity index (χ0n) is 13.1. The zero-order valence-corrected chi connectivity index (χ0v) is 13.1. The van der Waals surface area contributed by atoms with Gasteiger partial charge in [-0.3, -0.25) is 0 Å². The third-order valence-electron chi connectivity index (χ3n) is 4.18. The van der Waals surface area contributed by atoms with Crippen LogP contribution in [0.1, 0.15) is 20.3 Å². The van der Waals surface area contributed by atoms with Gasteiger partial charge in [-0.2, -0.15) is 17.6 Å². The summed E-state index contributed by atoms with van der Waals surface area (Å²) in [7, 11) is 1.09. The molecule has 0 aliphatic carbocycles. The van der Waals surface area contributed by atoms with Crippen molar-refractivity contribution >= 4 is 5.97 Å². The van der Waals surface area contributed by atoms with Gasteiger partial charge in [-0.05, 0) is 31.4 Å². The monoisotopic (exact) mass is 352 g/mol. The molecular weight excluding hydrogens is 336 g/mol. The van der Waals surface area contributed by atoms with Crippen LogP contribution in [0, 0.1) is 11.7 Å². The molecule has 9 heteroatoms. The molecule has 3 atom stereocenters. The normalized spacial score (nSPS) is 27.1. The first-order valence-electron chi connectivity index (χ1n) is 7.03. The molecular formula is C15H16F4O5. The second-order valence-corrected chi connectivity index (χ2v) is 5.70. The first-order chi connectivity index (χ1) is 11.0. The molecule has 2 rings (SSSR count). The van der Waals surface area contributed by atoms with Crippen LogP contribution in [0.5, 0.6) is 17.2 Å². The number of methoxy groups -OCH3 is 1. The van der Waals surface area contributed by atoms with Gasteiger partial charge in [0.15, 0.2) is 23.2 Å². The number of carbonyl (C=O) groups excluding carboxylic acids is 1. The molecule has 1 N–H and O–H groups in total. The third kappa shape index (κ3) is 3.00. The van der Waals surface area contributed by atoms with Gasteiger partial charge in [0.25, 0.3) is 0 Å². The lowest BCUT2D eigenvalue weighted by Crippen LogP contribution is -2.47. The van der Waals surface area contributed by atoms with E-state index < -0.39 is 47.1 Å². The average molecular weight is 352 g/mol. The minimum Gasteiger partial charge on any atom is -0.505 e. The van der Waals surface area contributed by atoms with Gasteiger partial charge < -0.3 is 19.3 Å². The summed E-state index contributed by atoms with van der Waals surface area (Å²) in [6.45, 7) is 2.19. The fraction of sp³-hybridized carbons (Fsp3) is 0.533. The Balaban J connectivity index is 2.19. The van der Waals surface area contributed by atoms with Crippen LogP contribution >= 0.6 is 0 Å². The Morgan fingerprint density at radius 1 is 1.42 bits per heavy atom. The lowest BCUT2D eigenvalue weighted by atomic mass is 9.89. The number of phenols is 1. The van der Waals surface area contributed by atoms with E-state index in [1.54, 1.807) is 0 Å². The number of benzene rings is 1. The predicted octanol–water partition coefficient (Wildman–Crippen LogP) is 3.19. The summed E-state index contributed by atoms with van der Waals surface area (Å²) in [6.07, 6.45) is -6.30. The van der Waals surface area contributed by atoms with Crippen LogP contribution in [0.2, 0.25) is 0 Å². The summed E-state index contributed by atoms with van der Waals surface area (Å²) in [6, 6.07) is 1.99. The van der Waals surface area contributed by atoms with Gasteiger partial charge in [-0.15, -0.1) is 0 Å². The van der Waals surface area contributed by atoms with Crippen LogP contribution in [0.15, 0.2) is 12.1 Å². The first kappa shape index (κ1) is 18.3. The summed E-state index contributed by atoms with van der Waals surface area (Å²) in [5.74, 6) is -4.83. The summed E-state index contributed by atoms with van der Waals surface area (Å²) >= 11 is 0. The van der Waals surface area contributed by atoms with Gasteiger partial charge in [0.1, 0.15) is 0 Å². The molecule has 1 heterocycles. The maximum atomic E-state index is 13.7. The molecule has 1 saturated heterocycles. The van der Waals surface area contributed by atoms with Crippen molar-refractivity contribution in [2.24, 2.45) is 5.92 Å². The molecule has 0 saturated carbocycles. The third-order valence-corrected chi connectivity index (χ3v) is 4.18. The molecule has 0 amide bonds. The Morgan fingerprint density at radius 2 is 2.04 bits per heavy atom. The van der Waals surface area contributed by atoms with Crippen LogP contribution in [0.25, 0.3) is 0 Å². The number of ether oxygens (including phenoxy) is 3. The van der Waals surface area contributed by atoms with E-state index in [-0.39, 0.29) is 12.2 Å². The molecule has 1 aromatic rings. The Bertz CT molecular complexity index is 645. The minimum absolute atomic E-state index is 0.197. The minimum atomic E-state index is -4.65. The molecule has 0 radical (unpaired) electrons. The standard InChI is InChI=1S/C15H16F4O5/c1-7-6-10(24-14(7,2)15(17,18)19)13(21)23-9-5-4-8(20)11(16)12(9)22-3/h4-5,7,10,20H,6H2,1-3H3. The van der Waals surface area contributed by atoms with E-state index in [0.29, 0.717) is 0 Å². The molecule has 1 aliphatic heterocycles. The number of esters is 1. The van der Waals surface area contributed by atoms with Gasteiger partial charge in [-0.1, -0.05) is 6.92 Å². The fourth-order valence-corrected chi connectivity index (χ4v) is 2.47. The highest BCUT2D eigenvalue weighted by molar-refractivity contribution is 5.78. The molecule has 24 heavy (non-hydrogen) atoms. The van der Waals surface area contributed by atoms with Gasteiger partial charge in [0.2, 0.25) is 11.6 Å². The van der Waals surface area contributed by atoms with Crippen molar-refractivity contribution in [1.82, 2.24) is 0 Å². The number of hydrogen-bond acceptors (Lipinski definition) is 5. The average Bonchev–Trinajstić information content (AvgIpc) is 2.80. The second-order valence-electron chi connectivity index (χ2n) is 5.70. The zero-order chi connectivity index (χ0) is 18.3. The smallest absolute Gasteiger partial charge is 0.417 e. The van der Waals surface area contributed by atoms with Crippen LogP contribution in [0.4, 0.5) is 17.6 Å². The maximum absolute atomic E-state index is 13.7. The molecule has 1 fully saturated rings. The van der Waals surface area contributed by atoms with Crippen molar-refractivity contribution in [3.63, 3.8) is 0 Å². The van der Waals surface area contributed by atoms with E-state index in [0.717, 1.165) is 26.2 Å². The van der Waals surface area contributed by atoms with E-state index in [1.807, 2.05) is 0 Å². The van der Waals surface area contributed by atoms with Crippen LogP contribution in [0.3, 0.4) is 0 Å². The number of alkyl halides is 3. The summed E-state index contributed by atoms with van der Waals surface area (Å²) in [5, 5.41) is 9.25. The number of halogens is 4. The Labute approximate surface area is 135 Å². The second kappa shape index (κ2) is 6.12. The Kier molecular flexibility index (Phi) is 4.67. The van der Waals surface area contributed by atoms with Crippen molar-refractivity contribution in [3.05, 3.63) is 17.9 Å². The summed E-state index contributed by atoms with van der Waals surface area (Å²) in [5.41, 5.74) is -2.47. The number of hydrogen-bond donors (Lipinski definition) is 1. The quantitative estimate of drug-likeness (QED) is 0.514. The highest BCUT2D eigenvalue weighted by atomic mass is 19.4. The lowest BCUT2D eigenvalue weighted by molar-refractivity contribution is -0.273. The van der Waals surface area contributed by atoms with Crippen molar-refractivity contribution in [1.29, 1.82) is 0 Å². The molecule has 3 unspecified atom stereocenters. The Morgan fingerprint density at radius 3 is 2.54 bits per heavy atom. The number of rotatable bonds is 3. The number of aromatic hydroxyl groups is 1. The van der Waals surface area contributed by atoms with Crippen LogP contribution < -0.4 is 9.47 Å². The van der Waals surface area contributed by atoms with Gasteiger partial charge in [0.05, 0.1) is 7.11 Å². The molecule has 1 aliphatic rings. The topological polar surface area (TPSA) is 65.0 Å². The van der Waals surface area contributed by atoms with Crippen molar-refractivity contribution in [2.75, 3.05) is 7.11 Å². The van der Waals surface area contributed by atoms with E-state index in [9.17, 15) is 27.5 Å².